The Labute approximate surface area is 84.4 Å². The van der Waals surface area contributed by atoms with E-state index < -0.39 is 6.16 Å². The Kier molecular flexibility index (Phi) is 4.23. The number of rotatable bonds is 5. The maximum atomic E-state index is 10.7. The predicted octanol–water partition coefficient (Wildman–Crippen LogP) is 3.17. The fourth-order valence-corrected chi connectivity index (χ4v) is 1.38. The molecule has 0 radical (unpaired) electrons. The molecular weight excluding hydrogens is 180 g/mol. The number of allylic oxidation sites excluding steroid dienone is 2. The molecule has 1 fully saturated rings. The number of ether oxygens (including phenoxy) is 2. The van der Waals surface area contributed by atoms with E-state index in [0.717, 1.165) is 31.3 Å². The van der Waals surface area contributed by atoms with Crippen LogP contribution in [0.4, 0.5) is 4.79 Å². The number of cyclic esters (lactones) is 2. The van der Waals surface area contributed by atoms with Crippen LogP contribution in [0.3, 0.4) is 0 Å². The second kappa shape index (κ2) is 5.47. The number of carbonyl (C=O) groups excluding carboxylic acids is 1. The summed E-state index contributed by atoms with van der Waals surface area (Å²) in [5.41, 5.74) is 1.13. The Bertz CT molecular complexity index is 253. The fraction of sp³-hybridized carbons (Fsp3) is 0.545. The Hall–Kier alpha value is -1.25. The molecular formula is C11H16O3. The first-order chi connectivity index (χ1) is 6.77. The van der Waals surface area contributed by atoms with Gasteiger partial charge in [0.25, 0.3) is 0 Å². The maximum absolute atomic E-state index is 10.7. The van der Waals surface area contributed by atoms with Gasteiger partial charge in [-0.25, -0.2) is 4.79 Å². The number of unbranched alkanes of at least 4 members (excludes halogenated alkanes) is 1. The zero-order chi connectivity index (χ0) is 10.4. The molecule has 1 aliphatic rings. The summed E-state index contributed by atoms with van der Waals surface area (Å²) in [6.07, 6.45) is 5.19. The lowest BCUT2D eigenvalue weighted by Crippen LogP contribution is -1.94. The van der Waals surface area contributed by atoms with E-state index in [1.807, 2.05) is 6.08 Å². The first-order valence-electron chi connectivity index (χ1n) is 4.94. The second-order valence-electron chi connectivity index (χ2n) is 3.26. The third kappa shape index (κ3) is 2.91. The molecule has 0 aromatic carbocycles. The van der Waals surface area contributed by atoms with E-state index >= 15 is 0 Å². The van der Waals surface area contributed by atoms with Crippen LogP contribution in [0.2, 0.25) is 0 Å². The molecule has 0 unspecified atom stereocenters. The van der Waals surface area contributed by atoms with E-state index in [0.29, 0.717) is 5.76 Å². The van der Waals surface area contributed by atoms with Gasteiger partial charge >= 0.3 is 6.16 Å². The summed E-state index contributed by atoms with van der Waals surface area (Å²) in [5, 5.41) is 0. The summed E-state index contributed by atoms with van der Waals surface area (Å²) >= 11 is 0. The molecule has 0 amide bonds. The van der Waals surface area contributed by atoms with Crippen LogP contribution < -0.4 is 0 Å². The van der Waals surface area contributed by atoms with Crippen molar-refractivity contribution >= 4 is 6.16 Å². The van der Waals surface area contributed by atoms with E-state index in [1.165, 1.54) is 0 Å². The summed E-state index contributed by atoms with van der Waals surface area (Å²) < 4.78 is 9.66. The summed E-state index contributed by atoms with van der Waals surface area (Å²) in [5.74, 6) is 0.684. The van der Waals surface area contributed by atoms with Crippen molar-refractivity contribution in [1.29, 1.82) is 0 Å². The largest absolute Gasteiger partial charge is 0.514 e. The van der Waals surface area contributed by atoms with Gasteiger partial charge in [-0.1, -0.05) is 19.4 Å². The van der Waals surface area contributed by atoms with Gasteiger partial charge in [-0.3, -0.25) is 0 Å². The standard InChI is InChI=1S/C11H16O3/c1-3-5-7-9(6-4-2)10-8-13-11(12)14-10/h4H,2-3,5-8H2,1H3/b10-9+. The van der Waals surface area contributed by atoms with Crippen LogP contribution in [-0.2, 0) is 9.47 Å². The fourth-order valence-electron chi connectivity index (χ4n) is 1.38. The smallest absolute Gasteiger partial charge is 0.426 e. The SMILES string of the molecule is C=CC/C(CCCC)=C1/COC(=O)O1. The molecule has 0 aromatic rings. The van der Waals surface area contributed by atoms with Gasteiger partial charge in [0, 0.05) is 0 Å². The highest BCUT2D eigenvalue weighted by atomic mass is 16.8. The van der Waals surface area contributed by atoms with Crippen LogP contribution >= 0.6 is 0 Å². The minimum Gasteiger partial charge on any atom is -0.426 e. The average molecular weight is 196 g/mol. The molecule has 1 saturated heterocycles. The number of carbonyl (C=O) groups is 1. The van der Waals surface area contributed by atoms with Crippen molar-refractivity contribution in [3.63, 3.8) is 0 Å². The van der Waals surface area contributed by atoms with Crippen molar-refractivity contribution in [1.82, 2.24) is 0 Å². The molecule has 3 nitrogen and oxygen atoms in total. The first-order valence-corrected chi connectivity index (χ1v) is 4.94. The highest BCUT2D eigenvalue weighted by molar-refractivity contribution is 5.64. The topological polar surface area (TPSA) is 35.5 Å². The Balaban J connectivity index is 2.63. The molecule has 1 heterocycles. The van der Waals surface area contributed by atoms with E-state index in [9.17, 15) is 4.79 Å². The molecule has 0 N–H and O–H groups in total. The quantitative estimate of drug-likeness (QED) is 0.500. The molecule has 0 atom stereocenters. The first kappa shape index (κ1) is 10.8. The lowest BCUT2D eigenvalue weighted by Gasteiger charge is -2.05. The van der Waals surface area contributed by atoms with E-state index in [1.54, 1.807) is 0 Å². The van der Waals surface area contributed by atoms with Crippen molar-refractivity contribution < 1.29 is 14.3 Å². The molecule has 0 spiro atoms. The van der Waals surface area contributed by atoms with E-state index in [4.69, 9.17) is 9.47 Å². The summed E-state index contributed by atoms with van der Waals surface area (Å²) in [6, 6.07) is 0. The summed E-state index contributed by atoms with van der Waals surface area (Å²) in [7, 11) is 0. The van der Waals surface area contributed by atoms with Gasteiger partial charge in [0.15, 0.2) is 6.61 Å². The van der Waals surface area contributed by atoms with Crippen molar-refractivity contribution in [2.75, 3.05) is 6.61 Å². The highest BCUT2D eigenvalue weighted by Gasteiger charge is 2.21. The third-order valence-electron chi connectivity index (χ3n) is 2.14. The minimum atomic E-state index is -0.585. The van der Waals surface area contributed by atoms with Gasteiger partial charge in [0.1, 0.15) is 5.76 Å². The van der Waals surface area contributed by atoms with Crippen LogP contribution in [-0.4, -0.2) is 12.8 Å². The third-order valence-corrected chi connectivity index (χ3v) is 2.14. The monoisotopic (exact) mass is 196 g/mol. The molecule has 1 aliphatic heterocycles. The van der Waals surface area contributed by atoms with Crippen molar-refractivity contribution in [3.8, 4) is 0 Å². The van der Waals surface area contributed by atoms with E-state index in [2.05, 4.69) is 13.5 Å². The molecule has 1 rings (SSSR count). The van der Waals surface area contributed by atoms with Gasteiger partial charge in [-0.05, 0) is 24.8 Å². The lowest BCUT2D eigenvalue weighted by molar-refractivity contribution is 0.136. The summed E-state index contributed by atoms with van der Waals surface area (Å²) in [4.78, 5) is 10.7. The Morgan fingerprint density at radius 3 is 2.93 bits per heavy atom. The second-order valence-corrected chi connectivity index (χ2v) is 3.26. The molecule has 0 aliphatic carbocycles. The highest BCUT2D eigenvalue weighted by Crippen LogP contribution is 2.22. The molecule has 78 valence electrons. The van der Waals surface area contributed by atoms with Crippen molar-refractivity contribution in [2.45, 2.75) is 32.6 Å². The summed E-state index contributed by atoms with van der Waals surface area (Å²) in [6.45, 7) is 6.10. The molecule has 3 heteroatoms. The van der Waals surface area contributed by atoms with Gasteiger partial charge in [0.05, 0.1) is 0 Å². The maximum Gasteiger partial charge on any atom is 0.514 e. The van der Waals surface area contributed by atoms with Gasteiger partial charge in [-0.2, -0.15) is 0 Å². The molecule has 14 heavy (non-hydrogen) atoms. The van der Waals surface area contributed by atoms with Gasteiger partial charge in [0.2, 0.25) is 0 Å². The zero-order valence-electron chi connectivity index (χ0n) is 8.54. The number of hydrogen-bond donors (Lipinski definition) is 0. The average Bonchev–Trinajstić information content (AvgIpc) is 2.59. The zero-order valence-corrected chi connectivity index (χ0v) is 8.54. The van der Waals surface area contributed by atoms with Gasteiger partial charge in [-0.15, -0.1) is 6.58 Å². The predicted molar refractivity (Wildman–Crippen MR) is 53.8 cm³/mol. The van der Waals surface area contributed by atoms with Crippen LogP contribution in [0.5, 0.6) is 0 Å². The van der Waals surface area contributed by atoms with Crippen molar-refractivity contribution in [3.05, 3.63) is 24.0 Å². The van der Waals surface area contributed by atoms with E-state index in [-0.39, 0.29) is 6.61 Å². The molecule has 0 bridgehead atoms. The van der Waals surface area contributed by atoms with Crippen LogP contribution in [0.25, 0.3) is 0 Å². The van der Waals surface area contributed by atoms with Crippen LogP contribution in [0, 0.1) is 0 Å². The Morgan fingerprint density at radius 2 is 2.43 bits per heavy atom. The van der Waals surface area contributed by atoms with Gasteiger partial charge < -0.3 is 9.47 Å². The lowest BCUT2D eigenvalue weighted by atomic mass is 10.0. The molecule has 0 saturated carbocycles. The Morgan fingerprint density at radius 1 is 1.64 bits per heavy atom. The normalized spacial score (nSPS) is 18.8. The van der Waals surface area contributed by atoms with Crippen LogP contribution in [0.15, 0.2) is 24.0 Å². The van der Waals surface area contributed by atoms with Crippen molar-refractivity contribution in [2.24, 2.45) is 0 Å². The minimum absolute atomic E-state index is 0.283. The van der Waals surface area contributed by atoms with Crippen LogP contribution in [0.1, 0.15) is 32.6 Å². The number of hydrogen-bond acceptors (Lipinski definition) is 3. The molecule has 0 aromatic heterocycles.